The van der Waals surface area contributed by atoms with E-state index in [-0.39, 0.29) is 23.5 Å². The summed E-state index contributed by atoms with van der Waals surface area (Å²) in [6, 6.07) is 14.0. The molecule has 3 aromatic rings. The predicted molar refractivity (Wildman–Crippen MR) is 131 cm³/mol. The Kier molecular flexibility index (Phi) is 6.79. The summed E-state index contributed by atoms with van der Waals surface area (Å²) < 4.78 is 16.9. The van der Waals surface area contributed by atoms with Crippen LogP contribution >= 0.6 is 0 Å². The third-order valence-corrected chi connectivity index (χ3v) is 6.46. The number of benzene rings is 2. The van der Waals surface area contributed by atoms with Crippen LogP contribution in [-0.2, 0) is 11.3 Å². The highest BCUT2D eigenvalue weighted by Gasteiger charge is 2.28. The minimum atomic E-state index is -0.305. The molecule has 0 saturated carbocycles. The maximum absolute atomic E-state index is 13.4. The number of allylic oxidation sites excluding steroid dienone is 1. The van der Waals surface area contributed by atoms with Crippen LogP contribution in [0.5, 0.6) is 0 Å². The summed E-state index contributed by atoms with van der Waals surface area (Å²) in [5.41, 5.74) is 3.19. The largest absolute Gasteiger partial charge is 0.333 e. The quantitative estimate of drug-likeness (QED) is 0.538. The zero-order valence-electron chi connectivity index (χ0n) is 19.3. The normalized spacial score (nSPS) is 15.1. The molecule has 0 radical (unpaired) electrons. The molecule has 0 N–H and O–H groups in total. The van der Waals surface area contributed by atoms with Gasteiger partial charge in [0.25, 0.3) is 0 Å². The van der Waals surface area contributed by atoms with Gasteiger partial charge in [0.1, 0.15) is 5.82 Å². The lowest BCUT2D eigenvalue weighted by molar-refractivity contribution is -0.119. The fourth-order valence-electron chi connectivity index (χ4n) is 4.77. The Bertz CT molecular complexity index is 1200. The van der Waals surface area contributed by atoms with Crippen LogP contribution in [0, 0.1) is 5.82 Å². The molecular weight excluding hydrogens is 419 g/mol. The van der Waals surface area contributed by atoms with Gasteiger partial charge in [-0.3, -0.25) is 13.9 Å². The number of amides is 1. The summed E-state index contributed by atoms with van der Waals surface area (Å²) in [6.07, 6.45) is 2.09. The van der Waals surface area contributed by atoms with Crippen LogP contribution in [0.3, 0.4) is 0 Å². The molecule has 0 atom stereocenters. The molecule has 4 rings (SSSR count). The van der Waals surface area contributed by atoms with Crippen LogP contribution in [0.15, 0.2) is 59.9 Å². The maximum atomic E-state index is 13.4. The molecule has 1 saturated heterocycles. The highest BCUT2D eigenvalue weighted by Crippen LogP contribution is 2.25. The smallest absolute Gasteiger partial charge is 0.309 e. The Morgan fingerprint density at radius 1 is 1.06 bits per heavy atom. The summed E-state index contributed by atoms with van der Waals surface area (Å²) >= 11 is 0. The number of hydrogen-bond acceptors (Lipinski definition) is 3. The van der Waals surface area contributed by atoms with E-state index >= 15 is 0 Å². The number of aromatic nitrogens is 2. The van der Waals surface area contributed by atoms with Gasteiger partial charge in [0, 0.05) is 50.0 Å². The Morgan fingerprint density at radius 2 is 1.70 bits per heavy atom. The lowest BCUT2D eigenvalue weighted by atomic mass is 10.0. The molecule has 0 aliphatic carbocycles. The van der Waals surface area contributed by atoms with Crippen LogP contribution in [-0.4, -0.2) is 45.6 Å². The summed E-state index contributed by atoms with van der Waals surface area (Å²) in [7, 11) is 0. The summed E-state index contributed by atoms with van der Waals surface area (Å²) in [5.74, 6) is -0.250. The number of carbonyl (C=O) groups excluding carboxylic acids is 1. The standard InChI is InChI=1S/C26H31FN4O2/c1-4-25(32)31(21-11-9-20(27)10-12-21)22-13-15-28(16-14-22)17-18-29-23-7-5-6-8-24(23)30(19(2)3)26(29)33/h5-12,22H,2,4,13-18H2,1,3H3. The molecule has 174 valence electrons. The van der Waals surface area contributed by atoms with Gasteiger partial charge in [0.15, 0.2) is 0 Å². The SMILES string of the molecule is C=C(C)n1c(=O)n(CCN2CCC(N(C(=O)CC)c3ccc(F)cc3)CC2)c2ccccc21. The minimum Gasteiger partial charge on any atom is -0.309 e. The summed E-state index contributed by atoms with van der Waals surface area (Å²) in [5, 5.41) is 0. The summed E-state index contributed by atoms with van der Waals surface area (Å²) in [4.78, 5) is 29.9. The molecule has 1 amide bonds. The van der Waals surface area contributed by atoms with E-state index < -0.39 is 0 Å². The number of nitrogens with zero attached hydrogens (tertiary/aromatic N) is 4. The van der Waals surface area contributed by atoms with Crippen LogP contribution in [0.1, 0.15) is 33.1 Å². The third kappa shape index (κ3) is 4.64. The van der Waals surface area contributed by atoms with Gasteiger partial charge in [-0.15, -0.1) is 0 Å². The molecular formula is C26H31FN4O2. The molecule has 7 heteroatoms. The highest BCUT2D eigenvalue weighted by molar-refractivity contribution is 5.93. The molecule has 1 fully saturated rings. The van der Waals surface area contributed by atoms with E-state index in [4.69, 9.17) is 0 Å². The second-order valence-electron chi connectivity index (χ2n) is 8.66. The van der Waals surface area contributed by atoms with Crippen molar-refractivity contribution in [3.63, 3.8) is 0 Å². The number of likely N-dealkylation sites (tertiary alicyclic amines) is 1. The van der Waals surface area contributed by atoms with E-state index in [0.717, 1.165) is 49.2 Å². The number of piperidine rings is 1. The van der Waals surface area contributed by atoms with Gasteiger partial charge in [-0.2, -0.15) is 0 Å². The van der Waals surface area contributed by atoms with Gasteiger partial charge < -0.3 is 9.80 Å². The minimum absolute atomic E-state index is 0.0548. The molecule has 0 bridgehead atoms. The van der Waals surface area contributed by atoms with Gasteiger partial charge >= 0.3 is 5.69 Å². The van der Waals surface area contributed by atoms with E-state index in [9.17, 15) is 14.0 Å². The number of imidazole rings is 1. The van der Waals surface area contributed by atoms with Crippen LogP contribution in [0.4, 0.5) is 10.1 Å². The molecule has 1 aliphatic heterocycles. The summed E-state index contributed by atoms with van der Waals surface area (Å²) in [6.45, 7) is 10.7. The van der Waals surface area contributed by atoms with E-state index in [1.54, 1.807) is 16.7 Å². The fraction of sp³-hybridized carbons (Fsp3) is 0.385. The van der Waals surface area contributed by atoms with Crippen molar-refractivity contribution in [3.8, 4) is 0 Å². The van der Waals surface area contributed by atoms with Crippen molar-refractivity contribution in [1.29, 1.82) is 0 Å². The lowest BCUT2D eigenvalue weighted by Gasteiger charge is -2.38. The number of halogens is 1. The van der Waals surface area contributed by atoms with Crippen molar-refractivity contribution >= 4 is 28.3 Å². The van der Waals surface area contributed by atoms with Crippen LogP contribution in [0.25, 0.3) is 16.7 Å². The van der Waals surface area contributed by atoms with Crippen LogP contribution < -0.4 is 10.6 Å². The van der Waals surface area contributed by atoms with Crippen molar-refractivity contribution in [2.75, 3.05) is 24.5 Å². The highest BCUT2D eigenvalue weighted by atomic mass is 19.1. The third-order valence-electron chi connectivity index (χ3n) is 6.46. The number of anilines is 1. The first kappa shape index (κ1) is 23.0. The first-order chi connectivity index (χ1) is 15.9. The number of fused-ring (bicyclic) bond motifs is 1. The number of carbonyl (C=O) groups is 1. The average molecular weight is 451 g/mol. The molecule has 2 heterocycles. The van der Waals surface area contributed by atoms with E-state index in [1.807, 2.05) is 47.6 Å². The average Bonchev–Trinajstić information content (AvgIpc) is 3.11. The monoisotopic (exact) mass is 450 g/mol. The second-order valence-corrected chi connectivity index (χ2v) is 8.66. The maximum Gasteiger partial charge on any atom is 0.333 e. The number of para-hydroxylation sites is 2. The zero-order valence-corrected chi connectivity index (χ0v) is 19.3. The van der Waals surface area contributed by atoms with Crippen molar-refractivity contribution in [2.24, 2.45) is 0 Å². The molecule has 33 heavy (non-hydrogen) atoms. The Balaban J connectivity index is 1.44. The second kappa shape index (κ2) is 9.75. The number of hydrogen-bond donors (Lipinski definition) is 0. The first-order valence-corrected chi connectivity index (χ1v) is 11.6. The van der Waals surface area contributed by atoms with Crippen molar-refractivity contribution < 1.29 is 9.18 Å². The van der Waals surface area contributed by atoms with Gasteiger partial charge in [-0.05, 0) is 56.2 Å². The Morgan fingerprint density at radius 3 is 2.30 bits per heavy atom. The zero-order chi connectivity index (χ0) is 23.5. The molecule has 0 spiro atoms. The molecule has 1 aromatic heterocycles. The lowest BCUT2D eigenvalue weighted by Crippen LogP contribution is -2.48. The van der Waals surface area contributed by atoms with E-state index in [0.29, 0.717) is 18.7 Å². The van der Waals surface area contributed by atoms with Crippen molar-refractivity contribution in [3.05, 3.63) is 71.4 Å². The Labute approximate surface area is 193 Å². The predicted octanol–water partition coefficient (Wildman–Crippen LogP) is 4.34. The molecule has 1 aliphatic rings. The topological polar surface area (TPSA) is 50.5 Å². The van der Waals surface area contributed by atoms with Crippen LogP contribution in [0.2, 0.25) is 0 Å². The molecule has 2 aromatic carbocycles. The molecule has 0 unspecified atom stereocenters. The van der Waals surface area contributed by atoms with Gasteiger partial charge in [-0.25, -0.2) is 9.18 Å². The van der Waals surface area contributed by atoms with Gasteiger partial charge in [-0.1, -0.05) is 25.6 Å². The van der Waals surface area contributed by atoms with E-state index in [2.05, 4.69) is 11.5 Å². The fourth-order valence-corrected chi connectivity index (χ4v) is 4.77. The number of rotatable bonds is 7. The first-order valence-electron chi connectivity index (χ1n) is 11.6. The molecule has 6 nitrogen and oxygen atoms in total. The van der Waals surface area contributed by atoms with Gasteiger partial charge in [0.2, 0.25) is 5.91 Å². The Hall–Kier alpha value is -3.19. The van der Waals surface area contributed by atoms with E-state index in [1.165, 1.54) is 12.1 Å². The van der Waals surface area contributed by atoms with Gasteiger partial charge in [0.05, 0.1) is 11.0 Å². The van der Waals surface area contributed by atoms with Crippen molar-refractivity contribution in [1.82, 2.24) is 14.0 Å². The van der Waals surface area contributed by atoms with Crippen molar-refractivity contribution in [2.45, 2.75) is 45.7 Å².